The fourth-order valence-electron chi connectivity index (χ4n) is 3.13. The minimum absolute atomic E-state index is 0.355. The Morgan fingerprint density at radius 1 is 1.32 bits per heavy atom. The van der Waals surface area contributed by atoms with Crippen LogP contribution in [0.5, 0.6) is 0 Å². The van der Waals surface area contributed by atoms with Crippen LogP contribution in [-0.4, -0.2) is 48.2 Å². The summed E-state index contributed by atoms with van der Waals surface area (Å²) in [6, 6.07) is 6.04. The first-order valence-corrected chi connectivity index (χ1v) is 9.54. The van der Waals surface area contributed by atoms with Crippen molar-refractivity contribution in [2.75, 3.05) is 26.2 Å². The van der Waals surface area contributed by atoms with Gasteiger partial charge >= 0.3 is 0 Å². The van der Waals surface area contributed by atoms with Crippen molar-refractivity contribution in [2.45, 2.75) is 40.0 Å². The summed E-state index contributed by atoms with van der Waals surface area (Å²) >= 11 is 0. The highest BCUT2D eigenvalue weighted by Crippen LogP contribution is 2.23. The van der Waals surface area contributed by atoms with Gasteiger partial charge in [0.25, 0.3) is 10.2 Å². The normalized spacial score (nSPS) is 20.5. The van der Waals surface area contributed by atoms with Crippen LogP contribution in [0.4, 0.5) is 0 Å². The lowest BCUT2D eigenvalue weighted by molar-refractivity contribution is 0.247. The third-order valence-electron chi connectivity index (χ3n) is 4.28. The van der Waals surface area contributed by atoms with Crippen molar-refractivity contribution < 1.29 is 8.42 Å². The number of aromatic nitrogens is 1. The molecule has 1 aromatic heterocycles. The Balaban J connectivity index is 2.05. The van der Waals surface area contributed by atoms with E-state index in [2.05, 4.69) is 4.98 Å². The molecule has 0 aliphatic carbocycles. The number of hydrogen-bond donors (Lipinski definition) is 0. The summed E-state index contributed by atoms with van der Waals surface area (Å²) in [6.45, 7) is 8.06. The summed E-state index contributed by atoms with van der Waals surface area (Å²) < 4.78 is 28.5. The van der Waals surface area contributed by atoms with Crippen LogP contribution in [0.25, 0.3) is 0 Å². The molecule has 6 heteroatoms. The van der Waals surface area contributed by atoms with E-state index in [0.717, 1.165) is 30.7 Å². The predicted octanol–water partition coefficient (Wildman–Crippen LogP) is 2.23. The molecule has 0 amide bonds. The number of hydrogen-bond acceptors (Lipinski definition) is 3. The monoisotopic (exact) mass is 325 g/mol. The van der Waals surface area contributed by atoms with Crippen LogP contribution in [-0.2, 0) is 16.6 Å². The van der Waals surface area contributed by atoms with Crippen molar-refractivity contribution >= 4 is 10.2 Å². The van der Waals surface area contributed by atoms with Crippen molar-refractivity contribution in [3.63, 3.8) is 0 Å². The number of rotatable bonds is 6. The lowest BCUT2D eigenvalue weighted by Crippen LogP contribution is -2.48. The van der Waals surface area contributed by atoms with Crippen molar-refractivity contribution in [1.29, 1.82) is 0 Å². The fraction of sp³-hybridized carbons (Fsp3) is 0.688. The molecule has 0 N–H and O–H groups in total. The molecule has 1 aromatic rings. The van der Waals surface area contributed by atoms with Gasteiger partial charge in [-0.05, 0) is 44.2 Å². The highest BCUT2D eigenvalue weighted by atomic mass is 32.2. The summed E-state index contributed by atoms with van der Waals surface area (Å²) in [7, 11) is -3.31. The Labute approximate surface area is 134 Å². The second-order valence-corrected chi connectivity index (χ2v) is 7.86. The van der Waals surface area contributed by atoms with Gasteiger partial charge in [0.2, 0.25) is 0 Å². The maximum Gasteiger partial charge on any atom is 0.281 e. The van der Waals surface area contributed by atoms with Crippen LogP contribution >= 0.6 is 0 Å². The summed E-state index contributed by atoms with van der Waals surface area (Å²) in [4.78, 5) is 4.54. The fourth-order valence-corrected chi connectivity index (χ4v) is 4.86. The van der Waals surface area contributed by atoms with E-state index in [1.165, 1.54) is 0 Å². The van der Waals surface area contributed by atoms with Gasteiger partial charge in [0.05, 0.1) is 0 Å². The van der Waals surface area contributed by atoms with Gasteiger partial charge in [-0.2, -0.15) is 17.0 Å². The first kappa shape index (κ1) is 17.4. The van der Waals surface area contributed by atoms with Gasteiger partial charge in [-0.1, -0.05) is 19.9 Å². The van der Waals surface area contributed by atoms with Gasteiger partial charge in [-0.15, -0.1) is 0 Å². The minimum Gasteiger partial charge on any atom is -0.258 e. The van der Waals surface area contributed by atoms with Crippen molar-refractivity contribution in [2.24, 2.45) is 5.92 Å². The molecule has 0 spiro atoms. The third kappa shape index (κ3) is 4.06. The summed E-state index contributed by atoms with van der Waals surface area (Å²) in [5, 5.41) is 0. The molecule has 1 aliphatic heterocycles. The second-order valence-electron chi connectivity index (χ2n) is 5.93. The van der Waals surface area contributed by atoms with E-state index in [9.17, 15) is 8.42 Å². The summed E-state index contributed by atoms with van der Waals surface area (Å²) in [5.41, 5.74) is 2.08. The Kier molecular flexibility index (Phi) is 5.94. The zero-order valence-corrected chi connectivity index (χ0v) is 14.6. The molecular weight excluding hydrogens is 298 g/mol. The first-order chi connectivity index (χ1) is 10.5. The van der Waals surface area contributed by atoms with E-state index in [1.807, 2.05) is 39.0 Å². The molecule has 1 fully saturated rings. The topological polar surface area (TPSA) is 53.5 Å². The van der Waals surface area contributed by atoms with Crippen LogP contribution < -0.4 is 0 Å². The van der Waals surface area contributed by atoms with E-state index in [1.54, 1.807) is 8.61 Å². The zero-order chi connectivity index (χ0) is 16.2. The SMILES string of the molecule is CCN(CC)S(=O)(=O)N1CCCC(Cc2cccc(C)n2)C1. The van der Waals surface area contributed by atoms with Gasteiger partial charge in [0, 0.05) is 37.6 Å². The van der Waals surface area contributed by atoms with Crippen molar-refractivity contribution in [1.82, 2.24) is 13.6 Å². The largest absolute Gasteiger partial charge is 0.281 e. The van der Waals surface area contributed by atoms with Crippen molar-refractivity contribution in [3.05, 3.63) is 29.6 Å². The lowest BCUT2D eigenvalue weighted by Gasteiger charge is -2.35. The quantitative estimate of drug-likeness (QED) is 0.806. The first-order valence-electron chi connectivity index (χ1n) is 8.15. The smallest absolute Gasteiger partial charge is 0.258 e. The maximum absolute atomic E-state index is 12.6. The van der Waals surface area contributed by atoms with Gasteiger partial charge in [0.1, 0.15) is 0 Å². The van der Waals surface area contributed by atoms with E-state index >= 15 is 0 Å². The van der Waals surface area contributed by atoms with Crippen LogP contribution in [0.1, 0.15) is 38.1 Å². The van der Waals surface area contributed by atoms with Gasteiger partial charge in [-0.3, -0.25) is 4.98 Å². The number of piperidine rings is 1. The second kappa shape index (κ2) is 7.53. The Bertz CT molecular complexity index is 585. The third-order valence-corrected chi connectivity index (χ3v) is 6.44. The molecule has 1 aliphatic rings. The number of pyridine rings is 1. The predicted molar refractivity (Wildman–Crippen MR) is 88.8 cm³/mol. The zero-order valence-electron chi connectivity index (χ0n) is 13.8. The molecule has 1 saturated heterocycles. The van der Waals surface area contributed by atoms with E-state index < -0.39 is 10.2 Å². The molecule has 0 saturated carbocycles. The average Bonchev–Trinajstić information content (AvgIpc) is 2.48. The molecule has 22 heavy (non-hydrogen) atoms. The minimum atomic E-state index is -3.31. The number of aryl methyl sites for hydroxylation is 1. The van der Waals surface area contributed by atoms with Gasteiger partial charge in [0.15, 0.2) is 0 Å². The average molecular weight is 325 g/mol. The molecule has 1 atom stereocenters. The Hall–Kier alpha value is -0.980. The Morgan fingerprint density at radius 2 is 2.05 bits per heavy atom. The molecule has 2 rings (SSSR count). The van der Waals surface area contributed by atoms with E-state index in [4.69, 9.17) is 0 Å². The summed E-state index contributed by atoms with van der Waals surface area (Å²) in [6.07, 6.45) is 2.85. The molecule has 5 nitrogen and oxygen atoms in total. The Morgan fingerprint density at radius 3 is 2.68 bits per heavy atom. The molecular formula is C16H27N3O2S. The molecule has 124 valence electrons. The van der Waals surface area contributed by atoms with Crippen LogP contribution in [0, 0.1) is 12.8 Å². The summed E-state index contributed by atoms with van der Waals surface area (Å²) in [5.74, 6) is 0.355. The van der Waals surface area contributed by atoms with Crippen LogP contribution in [0.3, 0.4) is 0 Å². The molecule has 0 radical (unpaired) electrons. The highest BCUT2D eigenvalue weighted by Gasteiger charge is 2.32. The van der Waals surface area contributed by atoms with E-state index in [-0.39, 0.29) is 0 Å². The molecule has 1 unspecified atom stereocenters. The molecule has 2 heterocycles. The number of nitrogens with zero attached hydrogens (tertiary/aromatic N) is 3. The maximum atomic E-state index is 12.6. The highest BCUT2D eigenvalue weighted by molar-refractivity contribution is 7.86. The molecule has 0 bridgehead atoms. The van der Waals surface area contributed by atoms with Crippen LogP contribution in [0.15, 0.2) is 18.2 Å². The standard InChI is InChI=1S/C16H27N3O2S/c1-4-18(5-2)22(20,21)19-11-7-9-15(13-19)12-16-10-6-8-14(3)17-16/h6,8,10,15H,4-5,7,9,11-13H2,1-3H3. The molecule has 0 aromatic carbocycles. The van der Waals surface area contributed by atoms with E-state index in [0.29, 0.717) is 32.1 Å². The van der Waals surface area contributed by atoms with Crippen molar-refractivity contribution in [3.8, 4) is 0 Å². The van der Waals surface area contributed by atoms with Crippen LogP contribution in [0.2, 0.25) is 0 Å². The van der Waals surface area contributed by atoms with Gasteiger partial charge in [-0.25, -0.2) is 0 Å². The van der Waals surface area contributed by atoms with Gasteiger partial charge < -0.3 is 0 Å². The lowest BCUT2D eigenvalue weighted by atomic mass is 9.94.